The average molecular weight is 633 g/mol. The zero-order valence-corrected chi connectivity index (χ0v) is 27.8. The van der Waals surface area contributed by atoms with Crippen molar-refractivity contribution in [1.29, 1.82) is 0 Å². The Bertz CT molecular complexity index is 1590. The quantitative estimate of drug-likeness (QED) is 0.363. The number of aromatic nitrogens is 2. The lowest BCUT2D eigenvalue weighted by atomic mass is 9.95. The van der Waals surface area contributed by atoms with Gasteiger partial charge in [-0.1, -0.05) is 13.0 Å². The topological polar surface area (TPSA) is 106 Å². The summed E-state index contributed by atoms with van der Waals surface area (Å²) in [7, 11) is 7.46. The minimum absolute atomic E-state index is 0.0576. The molecule has 2 aliphatic rings. The van der Waals surface area contributed by atoms with E-state index < -0.39 is 5.82 Å². The van der Waals surface area contributed by atoms with E-state index in [1.165, 1.54) is 12.1 Å². The second-order valence-corrected chi connectivity index (χ2v) is 13.2. The van der Waals surface area contributed by atoms with Crippen LogP contribution in [-0.4, -0.2) is 96.7 Å². The number of benzene rings is 2. The van der Waals surface area contributed by atoms with Crippen molar-refractivity contribution < 1.29 is 18.8 Å². The van der Waals surface area contributed by atoms with Crippen LogP contribution in [0.2, 0.25) is 0 Å². The molecule has 0 saturated carbocycles. The zero-order valence-electron chi connectivity index (χ0n) is 27.8. The van der Waals surface area contributed by atoms with Crippen LogP contribution in [0.1, 0.15) is 70.4 Å². The predicted octanol–water partition coefficient (Wildman–Crippen LogP) is 4.38. The number of halogens is 1. The van der Waals surface area contributed by atoms with Crippen LogP contribution in [0.15, 0.2) is 42.5 Å². The molecule has 2 aliphatic heterocycles. The molecule has 0 aliphatic carbocycles. The van der Waals surface area contributed by atoms with Crippen molar-refractivity contribution in [3.8, 4) is 0 Å². The van der Waals surface area contributed by atoms with Crippen molar-refractivity contribution in [2.75, 3.05) is 64.6 Å². The molecule has 0 spiro atoms. The summed E-state index contributed by atoms with van der Waals surface area (Å²) in [4.78, 5) is 46.0. The highest BCUT2D eigenvalue weighted by Crippen LogP contribution is 2.35. The van der Waals surface area contributed by atoms with Gasteiger partial charge in [0.1, 0.15) is 5.82 Å². The van der Waals surface area contributed by atoms with Gasteiger partial charge >= 0.3 is 6.03 Å². The van der Waals surface area contributed by atoms with Gasteiger partial charge in [0.25, 0.3) is 11.8 Å². The third kappa shape index (κ3) is 7.01. The Kier molecular flexibility index (Phi) is 9.66. The van der Waals surface area contributed by atoms with E-state index in [2.05, 4.69) is 27.4 Å². The van der Waals surface area contributed by atoms with Gasteiger partial charge < -0.3 is 30.2 Å². The van der Waals surface area contributed by atoms with E-state index in [0.29, 0.717) is 42.4 Å². The maximum Gasteiger partial charge on any atom is 0.321 e. The summed E-state index contributed by atoms with van der Waals surface area (Å²) in [6.07, 6.45) is 0. The highest BCUT2D eigenvalue weighted by atomic mass is 19.1. The van der Waals surface area contributed by atoms with Crippen LogP contribution < -0.4 is 15.5 Å². The maximum atomic E-state index is 15.0. The van der Waals surface area contributed by atoms with Crippen LogP contribution in [0.3, 0.4) is 0 Å². The first-order valence-corrected chi connectivity index (χ1v) is 15.8. The summed E-state index contributed by atoms with van der Waals surface area (Å²) >= 11 is 0. The number of rotatable bonds is 9. The number of fused-ring (bicyclic) bond motifs is 1. The number of nitrogens with zero attached hydrogens (tertiary/aromatic N) is 6. The lowest BCUT2D eigenvalue weighted by Gasteiger charge is -2.40. The number of hydrogen-bond donors (Lipinski definition) is 2. The van der Waals surface area contributed by atoms with Crippen LogP contribution in [0.4, 0.5) is 20.6 Å². The van der Waals surface area contributed by atoms with Gasteiger partial charge in [-0.3, -0.25) is 14.3 Å². The van der Waals surface area contributed by atoms with Gasteiger partial charge in [-0.15, -0.1) is 0 Å². The number of likely N-dealkylation sites (tertiary alicyclic amines) is 1. The number of amides is 4. The third-order valence-electron chi connectivity index (χ3n) is 8.55. The normalized spacial score (nSPS) is 16.3. The van der Waals surface area contributed by atoms with Crippen molar-refractivity contribution in [2.24, 2.45) is 5.92 Å². The smallest absolute Gasteiger partial charge is 0.321 e. The second kappa shape index (κ2) is 13.5. The SMILES string of the molecule is CC(C)n1nc(C(=O)NCc2ccc(NC(=O)N3CC(CN(C)C)C3)c(F)c2)c2c1[C@@H](C)CN(c1ccc(C(=O)N(C)C)cc1)C2. The molecule has 4 amide bonds. The molecule has 3 aromatic rings. The van der Waals surface area contributed by atoms with E-state index in [0.717, 1.165) is 30.0 Å². The Morgan fingerprint density at radius 1 is 1.02 bits per heavy atom. The molecule has 0 unspecified atom stereocenters. The highest BCUT2D eigenvalue weighted by Gasteiger charge is 2.34. The van der Waals surface area contributed by atoms with Crippen molar-refractivity contribution in [1.82, 2.24) is 29.8 Å². The first-order chi connectivity index (χ1) is 21.8. The van der Waals surface area contributed by atoms with Gasteiger partial charge in [0.15, 0.2) is 5.69 Å². The third-order valence-corrected chi connectivity index (χ3v) is 8.55. The summed E-state index contributed by atoms with van der Waals surface area (Å²) in [6, 6.07) is 11.8. The molecule has 1 atom stereocenters. The fraction of sp³-hybridized carbons (Fsp3) is 0.471. The molecule has 0 radical (unpaired) electrons. The van der Waals surface area contributed by atoms with E-state index in [1.54, 1.807) is 30.0 Å². The zero-order chi connectivity index (χ0) is 33.3. The van der Waals surface area contributed by atoms with Crippen LogP contribution in [0, 0.1) is 11.7 Å². The summed E-state index contributed by atoms with van der Waals surface area (Å²) in [5.74, 6) is -0.422. The van der Waals surface area contributed by atoms with E-state index in [1.807, 2.05) is 56.9 Å². The van der Waals surface area contributed by atoms with Crippen molar-refractivity contribution in [3.63, 3.8) is 0 Å². The molecular weight excluding hydrogens is 587 g/mol. The molecular formula is C34H45FN8O3. The Morgan fingerprint density at radius 2 is 1.72 bits per heavy atom. The summed E-state index contributed by atoms with van der Waals surface area (Å²) in [6.45, 7) is 9.75. The first-order valence-electron chi connectivity index (χ1n) is 15.8. The molecule has 1 saturated heterocycles. The number of carbonyl (C=O) groups is 3. The summed E-state index contributed by atoms with van der Waals surface area (Å²) in [5, 5.41) is 10.3. The minimum Gasteiger partial charge on any atom is -0.366 e. The van der Waals surface area contributed by atoms with E-state index >= 15 is 0 Å². The van der Waals surface area contributed by atoms with Gasteiger partial charge in [-0.05, 0) is 69.9 Å². The molecule has 46 heavy (non-hydrogen) atoms. The fourth-order valence-corrected chi connectivity index (χ4v) is 6.28. The lowest BCUT2D eigenvalue weighted by Crippen LogP contribution is -2.54. The monoisotopic (exact) mass is 632 g/mol. The van der Waals surface area contributed by atoms with Gasteiger partial charge in [0.05, 0.1) is 5.69 Å². The Hall–Kier alpha value is -4.45. The molecule has 1 fully saturated rings. The fourth-order valence-electron chi connectivity index (χ4n) is 6.28. The molecule has 2 N–H and O–H groups in total. The van der Waals surface area contributed by atoms with Gasteiger partial charge in [0, 0.05) is 93.7 Å². The first kappa shape index (κ1) is 32.9. The maximum absolute atomic E-state index is 15.0. The van der Waals surface area contributed by atoms with Crippen molar-refractivity contribution in [2.45, 2.75) is 45.8 Å². The summed E-state index contributed by atoms with van der Waals surface area (Å²) in [5.41, 5.74) is 4.50. The molecule has 5 rings (SSSR count). The van der Waals surface area contributed by atoms with E-state index in [9.17, 15) is 18.8 Å². The van der Waals surface area contributed by atoms with Crippen LogP contribution in [0.25, 0.3) is 0 Å². The van der Waals surface area contributed by atoms with E-state index in [4.69, 9.17) is 5.10 Å². The molecule has 1 aromatic heterocycles. The standard InChI is InChI=1S/C34H45FN8O3/c1-21(2)43-31-22(3)16-41(26-11-9-25(10-12-26)33(45)40(6)7)20-27(31)30(38-43)32(44)36-15-23-8-13-29(28(35)14-23)37-34(46)42-18-24(19-42)17-39(4)5/h8-14,21-22,24H,15-20H2,1-7H3,(H,36,44)(H,37,46)/t22-/m0/s1. The Labute approximate surface area is 270 Å². The minimum atomic E-state index is -0.560. The van der Waals surface area contributed by atoms with Crippen LogP contribution in [-0.2, 0) is 13.1 Å². The Morgan fingerprint density at radius 3 is 2.33 bits per heavy atom. The molecule has 3 heterocycles. The van der Waals surface area contributed by atoms with E-state index in [-0.39, 0.29) is 42.0 Å². The average Bonchev–Trinajstić information content (AvgIpc) is 3.39. The van der Waals surface area contributed by atoms with Gasteiger partial charge in [-0.25, -0.2) is 9.18 Å². The van der Waals surface area contributed by atoms with Crippen molar-refractivity contribution >= 4 is 29.2 Å². The number of nitrogens with one attached hydrogen (secondary N) is 2. The second-order valence-electron chi connectivity index (χ2n) is 13.2. The number of anilines is 2. The van der Waals surface area contributed by atoms with Crippen molar-refractivity contribution in [3.05, 3.63) is 76.4 Å². The number of hydrogen-bond acceptors (Lipinski definition) is 6. The highest BCUT2D eigenvalue weighted by molar-refractivity contribution is 5.95. The molecule has 11 nitrogen and oxygen atoms in total. The Balaban J connectivity index is 1.26. The number of urea groups is 1. The molecule has 12 heteroatoms. The number of carbonyl (C=O) groups excluding carboxylic acids is 3. The molecule has 0 bridgehead atoms. The molecule has 2 aromatic carbocycles. The van der Waals surface area contributed by atoms with Crippen LogP contribution >= 0.6 is 0 Å². The lowest BCUT2D eigenvalue weighted by molar-refractivity contribution is 0.0827. The van der Waals surface area contributed by atoms with Gasteiger partial charge in [-0.2, -0.15) is 5.10 Å². The van der Waals surface area contributed by atoms with Crippen LogP contribution in [0.5, 0.6) is 0 Å². The largest absolute Gasteiger partial charge is 0.366 e. The molecule has 246 valence electrons. The predicted molar refractivity (Wildman–Crippen MR) is 177 cm³/mol. The summed E-state index contributed by atoms with van der Waals surface area (Å²) < 4.78 is 16.9. The van der Waals surface area contributed by atoms with Gasteiger partial charge in [0.2, 0.25) is 0 Å².